The van der Waals surface area contributed by atoms with Crippen LogP contribution >= 0.6 is 0 Å². The molecule has 1 atom stereocenters. The second kappa shape index (κ2) is 5.82. The van der Waals surface area contributed by atoms with Gasteiger partial charge in [0, 0.05) is 17.5 Å². The van der Waals surface area contributed by atoms with E-state index < -0.39 is 0 Å². The summed E-state index contributed by atoms with van der Waals surface area (Å²) in [6.45, 7) is 7.62. The van der Waals surface area contributed by atoms with E-state index in [9.17, 15) is 0 Å². The fourth-order valence-electron chi connectivity index (χ4n) is 3.46. The van der Waals surface area contributed by atoms with Crippen LogP contribution in [-0.4, -0.2) is 24.5 Å². The fourth-order valence-corrected chi connectivity index (χ4v) is 3.46. The summed E-state index contributed by atoms with van der Waals surface area (Å²) in [6, 6.07) is 8.52. The first-order valence-electron chi connectivity index (χ1n) is 8.07. The molecular formula is C18H26N2O. The molecule has 1 fully saturated rings. The van der Waals surface area contributed by atoms with E-state index in [-0.39, 0.29) is 6.04 Å². The van der Waals surface area contributed by atoms with Crippen molar-refractivity contribution in [2.75, 3.05) is 19.6 Å². The van der Waals surface area contributed by atoms with Crippen molar-refractivity contribution in [3.05, 3.63) is 36.1 Å². The molecule has 0 aliphatic carbocycles. The van der Waals surface area contributed by atoms with Crippen LogP contribution in [0.15, 0.2) is 34.9 Å². The standard InChI is InChI=1S/C18H26N2O/c1-3-18(2)8-10-20(11-9-18)16(12-19)15-13-21-17-7-5-4-6-14(15)17/h4-7,13,16H,3,8-12,19H2,1-2H3. The van der Waals surface area contributed by atoms with E-state index in [4.69, 9.17) is 10.2 Å². The Bertz CT molecular complexity index is 596. The van der Waals surface area contributed by atoms with E-state index in [1.54, 1.807) is 0 Å². The van der Waals surface area contributed by atoms with Gasteiger partial charge in [-0.1, -0.05) is 38.5 Å². The summed E-state index contributed by atoms with van der Waals surface area (Å²) in [4.78, 5) is 2.54. The Morgan fingerprint density at radius 3 is 2.67 bits per heavy atom. The van der Waals surface area contributed by atoms with E-state index in [0.717, 1.165) is 18.7 Å². The van der Waals surface area contributed by atoms with Crippen molar-refractivity contribution in [2.24, 2.45) is 11.1 Å². The van der Waals surface area contributed by atoms with Crippen LogP contribution in [0.1, 0.15) is 44.7 Å². The molecule has 1 aromatic carbocycles. The molecule has 1 aliphatic heterocycles. The second-order valence-electron chi connectivity index (χ2n) is 6.64. The van der Waals surface area contributed by atoms with Gasteiger partial charge < -0.3 is 10.2 Å². The summed E-state index contributed by atoms with van der Waals surface area (Å²) in [5.41, 5.74) is 8.81. The summed E-state index contributed by atoms with van der Waals surface area (Å²) < 4.78 is 5.70. The number of benzene rings is 1. The van der Waals surface area contributed by atoms with Gasteiger partial charge in [-0.05, 0) is 37.4 Å². The number of likely N-dealkylation sites (tertiary alicyclic amines) is 1. The summed E-state index contributed by atoms with van der Waals surface area (Å²) in [7, 11) is 0. The van der Waals surface area contributed by atoms with Crippen molar-refractivity contribution in [1.82, 2.24) is 4.90 Å². The Hall–Kier alpha value is -1.32. The van der Waals surface area contributed by atoms with Gasteiger partial charge in [0.2, 0.25) is 0 Å². The van der Waals surface area contributed by atoms with E-state index >= 15 is 0 Å². The Balaban J connectivity index is 1.83. The molecule has 21 heavy (non-hydrogen) atoms. The molecule has 3 nitrogen and oxygen atoms in total. The number of nitrogens with two attached hydrogens (primary N) is 1. The predicted molar refractivity (Wildman–Crippen MR) is 87.2 cm³/mol. The monoisotopic (exact) mass is 286 g/mol. The number of piperidine rings is 1. The second-order valence-corrected chi connectivity index (χ2v) is 6.64. The number of fused-ring (bicyclic) bond motifs is 1. The lowest BCUT2D eigenvalue weighted by Gasteiger charge is -2.42. The SMILES string of the molecule is CCC1(C)CCN(C(CN)c2coc3ccccc23)CC1. The molecule has 2 heterocycles. The van der Waals surface area contributed by atoms with Crippen molar-refractivity contribution >= 4 is 11.0 Å². The van der Waals surface area contributed by atoms with Crippen LogP contribution in [0.4, 0.5) is 0 Å². The number of para-hydroxylation sites is 1. The van der Waals surface area contributed by atoms with Gasteiger partial charge in [-0.25, -0.2) is 0 Å². The zero-order valence-corrected chi connectivity index (χ0v) is 13.1. The highest BCUT2D eigenvalue weighted by molar-refractivity contribution is 5.81. The lowest BCUT2D eigenvalue weighted by Crippen LogP contribution is -2.42. The highest BCUT2D eigenvalue weighted by Crippen LogP contribution is 2.38. The fraction of sp³-hybridized carbons (Fsp3) is 0.556. The molecule has 2 aromatic rings. The number of furan rings is 1. The van der Waals surface area contributed by atoms with Crippen molar-refractivity contribution in [1.29, 1.82) is 0 Å². The Kier molecular flexibility index (Phi) is 4.05. The van der Waals surface area contributed by atoms with Gasteiger partial charge >= 0.3 is 0 Å². The van der Waals surface area contributed by atoms with E-state index in [2.05, 4.69) is 30.9 Å². The number of rotatable bonds is 4. The number of hydrogen-bond donors (Lipinski definition) is 1. The van der Waals surface area contributed by atoms with Gasteiger partial charge in [0.15, 0.2) is 0 Å². The van der Waals surface area contributed by atoms with Crippen molar-refractivity contribution < 1.29 is 4.42 Å². The zero-order chi connectivity index (χ0) is 14.9. The van der Waals surface area contributed by atoms with Gasteiger partial charge in [0.05, 0.1) is 12.3 Å². The third-order valence-electron chi connectivity index (χ3n) is 5.39. The first-order chi connectivity index (χ1) is 10.2. The van der Waals surface area contributed by atoms with Crippen molar-refractivity contribution in [3.8, 4) is 0 Å². The van der Waals surface area contributed by atoms with Gasteiger partial charge in [-0.3, -0.25) is 4.90 Å². The molecule has 3 heteroatoms. The summed E-state index contributed by atoms with van der Waals surface area (Å²) >= 11 is 0. The smallest absolute Gasteiger partial charge is 0.134 e. The van der Waals surface area contributed by atoms with Gasteiger partial charge in [0.1, 0.15) is 5.58 Å². The Morgan fingerprint density at radius 1 is 1.29 bits per heavy atom. The summed E-state index contributed by atoms with van der Waals surface area (Å²) in [5.74, 6) is 0. The largest absolute Gasteiger partial charge is 0.464 e. The average molecular weight is 286 g/mol. The number of hydrogen-bond acceptors (Lipinski definition) is 3. The third-order valence-corrected chi connectivity index (χ3v) is 5.39. The molecule has 0 radical (unpaired) electrons. The quantitative estimate of drug-likeness (QED) is 0.925. The minimum Gasteiger partial charge on any atom is -0.464 e. The van der Waals surface area contributed by atoms with Crippen LogP contribution in [0.2, 0.25) is 0 Å². The molecule has 0 amide bonds. The van der Waals surface area contributed by atoms with Crippen LogP contribution in [0.25, 0.3) is 11.0 Å². The molecule has 0 saturated carbocycles. The van der Waals surface area contributed by atoms with Crippen LogP contribution in [0.3, 0.4) is 0 Å². The maximum absolute atomic E-state index is 6.10. The van der Waals surface area contributed by atoms with Crippen LogP contribution in [0.5, 0.6) is 0 Å². The van der Waals surface area contributed by atoms with Crippen molar-refractivity contribution in [2.45, 2.75) is 39.2 Å². The molecule has 3 rings (SSSR count). The maximum atomic E-state index is 6.10. The highest BCUT2D eigenvalue weighted by Gasteiger charge is 2.32. The third kappa shape index (κ3) is 2.72. The van der Waals surface area contributed by atoms with Crippen LogP contribution < -0.4 is 5.73 Å². The van der Waals surface area contributed by atoms with Crippen LogP contribution in [-0.2, 0) is 0 Å². The molecule has 1 unspecified atom stereocenters. The molecular weight excluding hydrogens is 260 g/mol. The average Bonchev–Trinajstić information content (AvgIpc) is 2.94. The zero-order valence-electron chi connectivity index (χ0n) is 13.1. The Labute approximate surface area is 127 Å². The normalized spacial score (nSPS) is 20.7. The first-order valence-corrected chi connectivity index (χ1v) is 8.07. The lowest BCUT2D eigenvalue weighted by atomic mass is 9.78. The molecule has 0 bridgehead atoms. The van der Waals surface area contributed by atoms with Gasteiger partial charge in [-0.2, -0.15) is 0 Å². The topological polar surface area (TPSA) is 42.4 Å². The van der Waals surface area contributed by atoms with Gasteiger partial charge in [0.25, 0.3) is 0 Å². The van der Waals surface area contributed by atoms with Crippen molar-refractivity contribution in [3.63, 3.8) is 0 Å². The van der Waals surface area contributed by atoms with E-state index in [1.807, 2.05) is 18.4 Å². The van der Waals surface area contributed by atoms with Crippen LogP contribution in [0, 0.1) is 5.41 Å². The van der Waals surface area contributed by atoms with Gasteiger partial charge in [-0.15, -0.1) is 0 Å². The highest BCUT2D eigenvalue weighted by atomic mass is 16.3. The molecule has 2 N–H and O–H groups in total. The minimum atomic E-state index is 0.273. The molecule has 114 valence electrons. The summed E-state index contributed by atoms with van der Waals surface area (Å²) in [5, 5.41) is 1.21. The first kappa shape index (κ1) is 14.6. The van der Waals surface area contributed by atoms with E-state index in [0.29, 0.717) is 12.0 Å². The molecule has 1 saturated heterocycles. The maximum Gasteiger partial charge on any atom is 0.134 e. The predicted octanol–water partition coefficient (Wildman–Crippen LogP) is 3.94. The van der Waals surface area contributed by atoms with E-state index in [1.165, 1.54) is 30.2 Å². The molecule has 1 aromatic heterocycles. The number of nitrogens with zero attached hydrogens (tertiary/aromatic N) is 1. The molecule has 1 aliphatic rings. The minimum absolute atomic E-state index is 0.273. The molecule has 0 spiro atoms. The Morgan fingerprint density at radius 2 is 2.00 bits per heavy atom. The summed E-state index contributed by atoms with van der Waals surface area (Å²) in [6.07, 6.45) is 5.68. The lowest BCUT2D eigenvalue weighted by molar-refractivity contribution is 0.0831.